The molecule has 1 aromatic carbocycles. The van der Waals surface area contributed by atoms with Crippen molar-refractivity contribution in [1.82, 2.24) is 5.43 Å². The molecule has 0 radical (unpaired) electrons. The first-order valence-corrected chi connectivity index (χ1v) is 7.07. The molecule has 0 aliphatic heterocycles. The molecule has 1 atom stereocenters. The van der Waals surface area contributed by atoms with Crippen LogP contribution in [0.25, 0.3) is 0 Å². The van der Waals surface area contributed by atoms with E-state index < -0.39 is 23.6 Å². The fourth-order valence-electron chi connectivity index (χ4n) is 1.80. The number of hydrazine groups is 1. The van der Waals surface area contributed by atoms with Gasteiger partial charge in [-0.25, -0.2) is 9.82 Å². The number of hydrogen-bond acceptors (Lipinski definition) is 3. The van der Waals surface area contributed by atoms with Gasteiger partial charge in [-0.1, -0.05) is 6.07 Å². The number of thiophene rings is 1. The molecule has 0 aliphatic carbocycles. The zero-order valence-electron chi connectivity index (χ0n) is 9.84. The van der Waals surface area contributed by atoms with Gasteiger partial charge in [0, 0.05) is 0 Å². The summed E-state index contributed by atoms with van der Waals surface area (Å²) in [5.74, 6) is 4.10. The first kappa shape index (κ1) is 15.4. The lowest BCUT2D eigenvalue weighted by molar-refractivity contribution is -0.140. The monoisotopic (exact) mass is 368 g/mol. The van der Waals surface area contributed by atoms with Crippen LogP contribution in [0.2, 0.25) is 0 Å². The molecule has 2 aromatic rings. The first-order valence-electron chi connectivity index (χ1n) is 5.39. The Morgan fingerprint density at radius 2 is 1.90 bits per heavy atom. The second-order valence-corrected chi connectivity index (χ2v) is 6.31. The highest BCUT2D eigenvalue weighted by Crippen LogP contribution is 2.34. The lowest BCUT2D eigenvalue weighted by Gasteiger charge is -2.16. The van der Waals surface area contributed by atoms with E-state index in [1.807, 2.05) is 0 Å². The quantitative estimate of drug-likeness (QED) is 0.483. The van der Waals surface area contributed by atoms with Crippen LogP contribution >= 0.6 is 27.3 Å². The van der Waals surface area contributed by atoms with Gasteiger partial charge in [0.25, 0.3) is 0 Å². The average Bonchev–Trinajstić information content (AvgIpc) is 2.75. The molecular formula is C12H9BrF4N2S. The smallest absolute Gasteiger partial charge is 0.271 e. The van der Waals surface area contributed by atoms with Gasteiger partial charge in [-0.15, -0.1) is 11.3 Å². The third kappa shape index (κ3) is 3.20. The number of benzene rings is 1. The minimum absolute atomic E-state index is 0.323. The summed E-state index contributed by atoms with van der Waals surface area (Å²) in [5.41, 5.74) is 2.24. The van der Waals surface area contributed by atoms with Crippen LogP contribution in [0.1, 0.15) is 22.7 Å². The van der Waals surface area contributed by atoms with Gasteiger partial charge < -0.3 is 0 Å². The molecule has 0 amide bonds. The van der Waals surface area contributed by atoms with Crippen molar-refractivity contribution >= 4 is 27.3 Å². The van der Waals surface area contributed by atoms with Crippen LogP contribution in [0, 0.1) is 5.82 Å². The fraction of sp³-hybridized carbons (Fsp3) is 0.167. The Morgan fingerprint density at radius 1 is 1.20 bits per heavy atom. The molecule has 1 unspecified atom stereocenters. The van der Waals surface area contributed by atoms with Crippen molar-refractivity contribution in [3.8, 4) is 0 Å². The molecule has 20 heavy (non-hydrogen) atoms. The molecule has 0 spiro atoms. The number of nitrogens with two attached hydrogens (primary N) is 1. The molecule has 1 heterocycles. The normalized spacial score (nSPS) is 13.5. The maximum atomic E-state index is 13.6. The van der Waals surface area contributed by atoms with Gasteiger partial charge in [-0.2, -0.15) is 13.2 Å². The van der Waals surface area contributed by atoms with Crippen molar-refractivity contribution in [2.24, 2.45) is 5.84 Å². The Kier molecular flexibility index (Phi) is 4.48. The summed E-state index contributed by atoms with van der Waals surface area (Å²) in [6.07, 6.45) is -4.71. The van der Waals surface area contributed by atoms with Gasteiger partial charge in [0.15, 0.2) is 0 Å². The van der Waals surface area contributed by atoms with Crippen molar-refractivity contribution in [3.05, 3.63) is 55.9 Å². The molecule has 0 aliphatic rings. The van der Waals surface area contributed by atoms with Gasteiger partial charge in [0.1, 0.15) is 5.82 Å². The van der Waals surface area contributed by atoms with Gasteiger partial charge in [0.2, 0.25) is 0 Å². The SMILES string of the molecule is NNC(c1csc(Br)c1)c1ccc(C(F)(F)F)c(F)c1. The molecule has 2 rings (SSSR count). The van der Waals surface area contributed by atoms with Crippen LogP contribution in [-0.4, -0.2) is 0 Å². The molecule has 2 nitrogen and oxygen atoms in total. The van der Waals surface area contributed by atoms with Gasteiger partial charge >= 0.3 is 6.18 Å². The third-order valence-corrected chi connectivity index (χ3v) is 4.24. The predicted molar refractivity (Wildman–Crippen MR) is 72.6 cm³/mol. The van der Waals surface area contributed by atoms with Crippen LogP contribution < -0.4 is 11.3 Å². The molecule has 8 heteroatoms. The Bertz CT molecular complexity index is 612. The Hall–Kier alpha value is -0.960. The summed E-state index contributed by atoms with van der Waals surface area (Å²) >= 11 is 4.68. The molecule has 1 aromatic heterocycles. The zero-order chi connectivity index (χ0) is 14.9. The van der Waals surface area contributed by atoms with E-state index in [9.17, 15) is 17.6 Å². The maximum Gasteiger partial charge on any atom is 0.419 e. The maximum absolute atomic E-state index is 13.6. The second-order valence-electron chi connectivity index (χ2n) is 4.02. The highest BCUT2D eigenvalue weighted by atomic mass is 79.9. The van der Waals surface area contributed by atoms with E-state index in [2.05, 4.69) is 21.4 Å². The van der Waals surface area contributed by atoms with Crippen LogP contribution in [0.4, 0.5) is 17.6 Å². The third-order valence-electron chi connectivity index (χ3n) is 2.72. The summed E-state index contributed by atoms with van der Waals surface area (Å²) in [5, 5.41) is 1.78. The number of alkyl halides is 3. The van der Waals surface area contributed by atoms with E-state index in [-0.39, 0.29) is 0 Å². The summed E-state index contributed by atoms with van der Waals surface area (Å²) < 4.78 is 51.9. The molecule has 0 saturated carbocycles. The van der Waals surface area contributed by atoms with Gasteiger partial charge in [0.05, 0.1) is 15.4 Å². The molecule has 0 fully saturated rings. The van der Waals surface area contributed by atoms with E-state index in [4.69, 9.17) is 5.84 Å². The predicted octanol–water partition coefficient (Wildman–Crippen LogP) is 4.22. The van der Waals surface area contributed by atoms with E-state index in [0.29, 0.717) is 5.56 Å². The number of rotatable bonds is 3. The summed E-state index contributed by atoms with van der Waals surface area (Å²) in [4.78, 5) is 0. The zero-order valence-corrected chi connectivity index (χ0v) is 12.2. The summed E-state index contributed by atoms with van der Waals surface area (Å²) in [6.45, 7) is 0. The van der Waals surface area contributed by atoms with Crippen molar-refractivity contribution in [3.63, 3.8) is 0 Å². The lowest BCUT2D eigenvalue weighted by Crippen LogP contribution is -2.28. The van der Waals surface area contributed by atoms with Crippen molar-refractivity contribution in [2.75, 3.05) is 0 Å². The average molecular weight is 369 g/mol. The summed E-state index contributed by atoms with van der Waals surface area (Å²) in [6, 6.07) is 3.97. The molecule has 108 valence electrons. The largest absolute Gasteiger partial charge is 0.419 e. The Morgan fingerprint density at radius 3 is 2.35 bits per heavy atom. The van der Waals surface area contributed by atoms with E-state index in [1.165, 1.54) is 17.4 Å². The second kappa shape index (κ2) is 5.80. The lowest BCUT2D eigenvalue weighted by atomic mass is 10.00. The standard InChI is InChI=1S/C12H9BrF4N2S/c13-10-4-7(5-20-10)11(19-18)6-1-2-8(9(14)3-6)12(15,16)17/h1-5,11,19H,18H2. The number of halogens is 5. The molecular weight excluding hydrogens is 360 g/mol. The van der Waals surface area contributed by atoms with Crippen LogP contribution in [0.5, 0.6) is 0 Å². The minimum atomic E-state index is -4.71. The van der Waals surface area contributed by atoms with Crippen molar-refractivity contribution in [1.29, 1.82) is 0 Å². The van der Waals surface area contributed by atoms with E-state index in [0.717, 1.165) is 21.5 Å². The van der Waals surface area contributed by atoms with Crippen LogP contribution in [0.15, 0.2) is 33.4 Å². The highest BCUT2D eigenvalue weighted by Gasteiger charge is 2.34. The van der Waals surface area contributed by atoms with Crippen molar-refractivity contribution in [2.45, 2.75) is 12.2 Å². The molecule has 0 bridgehead atoms. The van der Waals surface area contributed by atoms with Gasteiger partial charge in [-0.05, 0) is 50.6 Å². The van der Waals surface area contributed by atoms with Crippen LogP contribution in [0.3, 0.4) is 0 Å². The molecule has 3 N–H and O–H groups in total. The Labute approximate surface area is 124 Å². The van der Waals surface area contributed by atoms with E-state index >= 15 is 0 Å². The van der Waals surface area contributed by atoms with E-state index in [1.54, 1.807) is 11.4 Å². The number of nitrogens with one attached hydrogen (secondary N) is 1. The number of hydrogen-bond donors (Lipinski definition) is 2. The fourth-order valence-corrected chi connectivity index (χ4v) is 3.00. The van der Waals surface area contributed by atoms with Crippen LogP contribution in [-0.2, 0) is 6.18 Å². The van der Waals surface area contributed by atoms with Crippen molar-refractivity contribution < 1.29 is 17.6 Å². The summed E-state index contributed by atoms with van der Waals surface area (Å²) in [7, 11) is 0. The Balaban J connectivity index is 2.39. The highest BCUT2D eigenvalue weighted by molar-refractivity contribution is 9.11. The topological polar surface area (TPSA) is 38.0 Å². The molecule has 0 saturated heterocycles. The first-order chi connectivity index (χ1) is 9.32. The minimum Gasteiger partial charge on any atom is -0.271 e. The van der Waals surface area contributed by atoms with Gasteiger partial charge in [-0.3, -0.25) is 5.84 Å².